The SMILES string of the molecule is COc1cc2c(cc1OC)CN(CCCNS(=O)(=O)c1cccc3c(N(C)C)cccc13)CC2.Cl. The number of rotatable bonds is 9. The number of nitrogens with one attached hydrogen (secondary N) is 1. The summed E-state index contributed by atoms with van der Waals surface area (Å²) in [5.74, 6) is 1.50. The lowest BCUT2D eigenvalue weighted by Crippen LogP contribution is -2.33. The second-order valence-corrected chi connectivity index (χ2v) is 10.5. The van der Waals surface area contributed by atoms with E-state index in [0.29, 0.717) is 11.4 Å². The monoisotopic (exact) mass is 519 g/mol. The highest BCUT2D eigenvalue weighted by Crippen LogP contribution is 2.33. The van der Waals surface area contributed by atoms with Gasteiger partial charge in [0.25, 0.3) is 0 Å². The van der Waals surface area contributed by atoms with Gasteiger partial charge in [0.1, 0.15) is 0 Å². The minimum absolute atomic E-state index is 0. The van der Waals surface area contributed by atoms with Gasteiger partial charge in [0, 0.05) is 50.2 Å². The van der Waals surface area contributed by atoms with Gasteiger partial charge in [0.15, 0.2) is 11.5 Å². The molecule has 0 atom stereocenters. The molecule has 35 heavy (non-hydrogen) atoms. The number of benzene rings is 3. The standard InChI is InChI=1S/C26H33N3O4S.ClH/c1-28(2)23-10-5-9-22-21(23)8-6-11-26(22)34(30,31)27-13-7-14-29-15-12-19-16-24(32-3)25(33-4)17-20(19)18-29;/h5-6,8-11,16-17,27H,7,12-15,18H2,1-4H3;1H. The summed E-state index contributed by atoms with van der Waals surface area (Å²) >= 11 is 0. The van der Waals surface area contributed by atoms with Crippen LogP contribution in [0.1, 0.15) is 17.5 Å². The fourth-order valence-corrected chi connectivity index (χ4v) is 5.90. The number of hydrogen-bond acceptors (Lipinski definition) is 6. The summed E-state index contributed by atoms with van der Waals surface area (Å²) in [6.07, 6.45) is 1.67. The van der Waals surface area contributed by atoms with Crippen LogP contribution in [0.2, 0.25) is 0 Å². The summed E-state index contributed by atoms with van der Waals surface area (Å²) in [5, 5.41) is 1.66. The maximum atomic E-state index is 13.1. The van der Waals surface area contributed by atoms with Crippen LogP contribution < -0.4 is 19.1 Å². The molecule has 7 nitrogen and oxygen atoms in total. The van der Waals surface area contributed by atoms with E-state index in [-0.39, 0.29) is 12.4 Å². The minimum Gasteiger partial charge on any atom is -0.493 e. The highest BCUT2D eigenvalue weighted by molar-refractivity contribution is 7.89. The highest BCUT2D eigenvalue weighted by Gasteiger charge is 2.21. The number of halogens is 1. The molecular formula is C26H34ClN3O4S. The van der Waals surface area contributed by atoms with E-state index in [4.69, 9.17) is 9.47 Å². The van der Waals surface area contributed by atoms with Crippen molar-refractivity contribution in [3.8, 4) is 11.5 Å². The molecule has 0 spiro atoms. The highest BCUT2D eigenvalue weighted by atomic mass is 35.5. The summed E-state index contributed by atoms with van der Waals surface area (Å²) < 4.78 is 39.9. The topological polar surface area (TPSA) is 71.1 Å². The first-order valence-electron chi connectivity index (χ1n) is 11.5. The van der Waals surface area contributed by atoms with Gasteiger partial charge in [-0.1, -0.05) is 24.3 Å². The van der Waals surface area contributed by atoms with Crippen LogP contribution in [0.25, 0.3) is 10.8 Å². The largest absolute Gasteiger partial charge is 0.493 e. The fourth-order valence-electron chi connectivity index (χ4n) is 4.61. The molecular weight excluding hydrogens is 486 g/mol. The van der Waals surface area contributed by atoms with Gasteiger partial charge in [-0.25, -0.2) is 13.1 Å². The number of ether oxygens (including phenoxy) is 2. The quantitative estimate of drug-likeness (QED) is 0.430. The summed E-state index contributed by atoms with van der Waals surface area (Å²) in [7, 11) is 3.60. The molecule has 9 heteroatoms. The van der Waals surface area contributed by atoms with Crippen molar-refractivity contribution in [2.75, 3.05) is 52.8 Å². The van der Waals surface area contributed by atoms with Gasteiger partial charge >= 0.3 is 0 Å². The van der Waals surface area contributed by atoms with Gasteiger partial charge in [0.2, 0.25) is 10.0 Å². The Hall–Kier alpha value is -2.52. The van der Waals surface area contributed by atoms with Crippen LogP contribution in [-0.2, 0) is 23.0 Å². The van der Waals surface area contributed by atoms with Crippen LogP contribution in [0.4, 0.5) is 5.69 Å². The molecule has 1 aliphatic rings. The number of hydrogen-bond donors (Lipinski definition) is 1. The van der Waals surface area contributed by atoms with Gasteiger partial charge in [-0.05, 0) is 54.8 Å². The van der Waals surface area contributed by atoms with Crippen LogP contribution in [0, 0.1) is 0 Å². The molecule has 4 rings (SSSR count). The van der Waals surface area contributed by atoms with Crippen molar-refractivity contribution >= 4 is 38.9 Å². The van der Waals surface area contributed by atoms with Gasteiger partial charge in [-0.3, -0.25) is 4.90 Å². The number of fused-ring (bicyclic) bond motifs is 2. The summed E-state index contributed by atoms with van der Waals surface area (Å²) in [6, 6.07) is 15.3. The molecule has 0 fully saturated rings. The van der Waals surface area contributed by atoms with Crippen molar-refractivity contribution in [3.63, 3.8) is 0 Å². The average molecular weight is 520 g/mol. The molecule has 1 N–H and O–H groups in total. The number of sulfonamides is 1. The van der Waals surface area contributed by atoms with Gasteiger partial charge < -0.3 is 14.4 Å². The molecule has 0 saturated heterocycles. The van der Waals surface area contributed by atoms with E-state index < -0.39 is 10.0 Å². The Morgan fingerprint density at radius 3 is 2.31 bits per heavy atom. The molecule has 0 aromatic heterocycles. The molecule has 0 amide bonds. The van der Waals surface area contributed by atoms with Crippen LogP contribution in [0.5, 0.6) is 11.5 Å². The normalized spacial score (nSPS) is 13.7. The summed E-state index contributed by atoms with van der Waals surface area (Å²) in [5.41, 5.74) is 3.51. The lowest BCUT2D eigenvalue weighted by molar-refractivity contribution is 0.250. The van der Waals surface area contributed by atoms with Crippen LogP contribution in [0.3, 0.4) is 0 Å². The summed E-state index contributed by atoms with van der Waals surface area (Å²) in [4.78, 5) is 4.67. The molecule has 3 aromatic carbocycles. The number of nitrogens with zero attached hydrogens (tertiary/aromatic N) is 2. The predicted molar refractivity (Wildman–Crippen MR) is 144 cm³/mol. The fraction of sp³-hybridized carbons (Fsp3) is 0.385. The second-order valence-electron chi connectivity index (χ2n) is 8.78. The molecule has 3 aromatic rings. The van der Waals surface area contributed by atoms with E-state index in [1.807, 2.05) is 49.3 Å². The Bertz CT molecular complexity index is 1280. The smallest absolute Gasteiger partial charge is 0.241 e. The Kier molecular flexibility index (Phi) is 8.88. The first-order chi connectivity index (χ1) is 16.3. The number of methoxy groups -OCH3 is 2. The molecule has 0 unspecified atom stereocenters. The lowest BCUT2D eigenvalue weighted by atomic mass is 9.98. The van der Waals surface area contributed by atoms with Crippen molar-refractivity contribution in [1.29, 1.82) is 0 Å². The Morgan fingerprint density at radius 2 is 1.63 bits per heavy atom. The Labute approximate surface area is 214 Å². The van der Waals surface area contributed by atoms with E-state index in [0.717, 1.165) is 60.4 Å². The average Bonchev–Trinajstić information content (AvgIpc) is 2.84. The molecule has 0 saturated carbocycles. The first kappa shape index (κ1) is 27.1. The zero-order valence-corrected chi connectivity index (χ0v) is 22.3. The van der Waals surface area contributed by atoms with Gasteiger partial charge in [0.05, 0.1) is 19.1 Å². The lowest BCUT2D eigenvalue weighted by Gasteiger charge is -2.29. The van der Waals surface area contributed by atoms with Gasteiger partial charge in [-0.2, -0.15) is 0 Å². The molecule has 0 radical (unpaired) electrons. The van der Waals surface area contributed by atoms with Crippen molar-refractivity contribution in [1.82, 2.24) is 9.62 Å². The molecule has 0 bridgehead atoms. The predicted octanol–water partition coefficient (Wildman–Crippen LogP) is 4.07. The van der Waals surface area contributed by atoms with Gasteiger partial charge in [-0.15, -0.1) is 12.4 Å². The molecule has 190 valence electrons. The molecule has 0 aliphatic carbocycles. The maximum Gasteiger partial charge on any atom is 0.241 e. The maximum absolute atomic E-state index is 13.1. The zero-order valence-electron chi connectivity index (χ0n) is 20.7. The van der Waals surface area contributed by atoms with Crippen molar-refractivity contribution < 1.29 is 17.9 Å². The zero-order chi connectivity index (χ0) is 24.3. The van der Waals surface area contributed by atoms with E-state index in [1.54, 1.807) is 26.4 Å². The molecule has 1 aliphatic heterocycles. The third kappa shape index (κ3) is 5.83. The minimum atomic E-state index is -3.62. The van der Waals surface area contributed by atoms with Crippen LogP contribution in [-0.4, -0.2) is 61.3 Å². The Balaban J connectivity index is 0.00000342. The second kappa shape index (κ2) is 11.5. The van der Waals surface area contributed by atoms with Crippen molar-refractivity contribution in [3.05, 3.63) is 59.7 Å². The van der Waals surface area contributed by atoms with Crippen molar-refractivity contribution in [2.45, 2.75) is 24.3 Å². The number of anilines is 1. The van der Waals surface area contributed by atoms with E-state index in [9.17, 15) is 8.42 Å². The van der Waals surface area contributed by atoms with Crippen LogP contribution in [0.15, 0.2) is 53.4 Å². The van der Waals surface area contributed by atoms with E-state index in [1.165, 1.54) is 11.1 Å². The van der Waals surface area contributed by atoms with E-state index in [2.05, 4.69) is 15.7 Å². The summed E-state index contributed by atoms with van der Waals surface area (Å²) in [6.45, 7) is 2.96. The van der Waals surface area contributed by atoms with Crippen molar-refractivity contribution in [2.24, 2.45) is 0 Å². The molecule has 1 heterocycles. The van der Waals surface area contributed by atoms with Crippen LogP contribution >= 0.6 is 12.4 Å². The van der Waals surface area contributed by atoms with E-state index >= 15 is 0 Å². The first-order valence-corrected chi connectivity index (χ1v) is 13.0. The Morgan fingerprint density at radius 1 is 0.971 bits per heavy atom. The third-order valence-electron chi connectivity index (χ3n) is 6.37. The third-order valence-corrected chi connectivity index (χ3v) is 7.89.